The lowest BCUT2D eigenvalue weighted by molar-refractivity contribution is -0.123. The van der Waals surface area contributed by atoms with E-state index in [1.807, 2.05) is 6.92 Å². The van der Waals surface area contributed by atoms with Crippen molar-refractivity contribution < 1.29 is 4.79 Å². The van der Waals surface area contributed by atoms with Crippen LogP contribution in [0, 0.1) is 17.8 Å². The molecular weight excluding hydrogens is 162 g/mol. The van der Waals surface area contributed by atoms with Gasteiger partial charge in [0.2, 0.25) is 0 Å². The SMILES string of the molecule is CCC(CC)C(C)C(C)C(=O)CN. The van der Waals surface area contributed by atoms with Gasteiger partial charge < -0.3 is 5.73 Å². The minimum absolute atomic E-state index is 0.120. The van der Waals surface area contributed by atoms with Crippen molar-refractivity contribution in [2.24, 2.45) is 23.5 Å². The first-order valence-corrected chi connectivity index (χ1v) is 5.31. The van der Waals surface area contributed by atoms with Crippen LogP contribution in [0.25, 0.3) is 0 Å². The van der Waals surface area contributed by atoms with Gasteiger partial charge in [-0.3, -0.25) is 4.79 Å². The van der Waals surface area contributed by atoms with Crippen molar-refractivity contribution in [1.82, 2.24) is 0 Å². The molecule has 2 atom stereocenters. The second-order valence-electron chi connectivity index (χ2n) is 3.89. The monoisotopic (exact) mass is 185 g/mol. The summed E-state index contributed by atoms with van der Waals surface area (Å²) >= 11 is 0. The molecule has 2 heteroatoms. The molecule has 0 rings (SSSR count). The Hall–Kier alpha value is -0.370. The van der Waals surface area contributed by atoms with Gasteiger partial charge in [0.15, 0.2) is 0 Å². The van der Waals surface area contributed by atoms with Crippen LogP contribution in [0.3, 0.4) is 0 Å². The lowest BCUT2D eigenvalue weighted by Crippen LogP contribution is -2.29. The van der Waals surface area contributed by atoms with E-state index in [2.05, 4.69) is 20.8 Å². The molecule has 0 saturated heterocycles. The first kappa shape index (κ1) is 12.6. The molecule has 0 bridgehead atoms. The van der Waals surface area contributed by atoms with Gasteiger partial charge in [-0.15, -0.1) is 0 Å². The zero-order valence-corrected chi connectivity index (χ0v) is 9.34. The zero-order chi connectivity index (χ0) is 10.4. The first-order chi connectivity index (χ1) is 6.08. The van der Waals surface area contributed by atoms with Crippen molar-refractivity contribution in [2.45, 2.75) is 40.5 Å². The van der Waals surface area contributed by atoms with Crippen molar-refractivity contribution in [3.63, 3.8) is 0 Å². The van der Waals surface area contributed by atoms with Crippen LogP contribution in [0.5, 0.6) is 0 Å². The van der Waals surface area contributed by atoms with Crippen LogP contribution in [0.15, 0.2) is 0 Å². The molecular formula is C11H23NO. The summed E-state index contributed by atoms with van der Waals surface area (Å²) in [6.07, 6.45) is 2.31. The molecule has 0 aromatic carbocycles. The highest BCUT2D eigenvalue weighted by Crippen LogP contribution is 2.26. The minimum atomic E-state index is 0.120. The van der Waals surface area contributed by atoms with Crippen LogP contribution in [0.4, 0.5) is 0 Å². The van der Waals surface area contributed by atoms with E-state index in [0.29, 0.717) is 11.8 Å². The van der Waals surface area contributed by atoms with E-state index in [-0.39, 0.29) is 18.2 Å². The molecule has 0 aromatic heterocycles. The summed E-state index contributed by atoms with van der Waals surface area (Å²) in [4.78, 5) is 11.4. The molecule has 0 aromatic rings. The Labute approximate surface area is 81.9 Å². The van der Waals surface area contributed by atoms with Crippen LogP contribution in [-0.2, 0) is 4.79 Å². The van der Waals surface area contributed by atoms with Gasteiger partial charge in [0.05, 0.1) is 6.54 Å². The highest BCUT2D eigenvalue weighted by Gasteiger charge is 2.24. The average Bonchev–Trinajstić information content (AvgIpc) is 2.17. The molecule has 0 spiro atoms. The summed E-state index contributed by atoms with van der Waals surface area (Å²) in [7, 11) is 0. The smallest absolute Gasteiger partial charge is 0.149 e. The molecule has 0 saturated carbocycles. The van der Waals surface area contributed by atoms with Gasteiger partial charge in [-0.25, -0.2) is 0 Å². The molecule has 0 fully saturated rings. The van der Waals surface area contributed by atoms with Crippen molar-refractivity contribution >= 4 is 5.78 Å². The number of ketones is 1. The van der Waals surface area contributed by atoms with E-state index in [0.717, 1.165) is 12.8 Å². The van der Waals surface area contributed by atoms with Gasteiger partial charge in [0, 0.05) is 5.92 Å². The van der Waals surface area contributed by atoms with Crippen molar-refractivity contribution in [1.29, 1.82) is 0 Å². The number of carbonyl (C=O) groups is 1. The van der Waals surface area contributed by atoms with E-state index in [1.165, 1.54) is 0 Å². The third-order valence-electron chi connectivity index (χ3n) is 3.29. The van der Waals surface area contributed by atoms with Crippen LogP contribution in [0.1, 0.15) is 40.5 Å². The Morgan fingerprint density at radius 1 is 1.23 bits per heavy atom. The number of rotatable bonds is 6. The molecule has 2 nitrogen and oxygen atoms in total. The maximum Gasteiger partial charge on any atom is 0.149 e. The standard InChI is InChI=1S/C11H23NO/c1-5-10(6-2)8(3)9(4)11(13)7-12/h8-10H,5-7,12H2,1-4H3. The fourth-order valence-corrected chi connectivity index (χ4v) is 1.92. The minimum Gasteiger partial charge on any atom is -0.324 e. The third-order valence-corrected chi connectivity index (χ3v) is 3.29. The van der Waals surface area contributed by atoms with Crippen molar-refractivity contribution in [3.8, 4) is 0 Å². The van der Waals surface area contributed by atoms with Gasteiger partial charge in [0.25, 0.3) is 0 Å². The topological polar surface area (TPSA) is 43.1 Å². The summed E-state index contributed by atoms with van der Waals surface area (Å²) in [6, 6.07) is 0. The van der Waals surface area contributed by atoms with Crippen LogP contribution < -0.4 is 5.73 Å². The largest absolute Gasteiger partial charge is 0.324 e. The summed E-state index contributed by atoms with van der Waals surface area (Å²) in [5, 5.41) is 0. The van der Waals surface area contributed by atoms with Crippen LogP contribution in [-0.4, -0.2) is 12.3 Å². The van der Waals surface area contributed by atoms with Gasteiger partial charge in [-0.1, -0.05) is 40.5 Å². The molecule has 0 aliphatic heterocycles. The second-order valence-corrected chi connectivity index (χ2v) is 3.89. The van der Waals surface area contributed by atoms with Crippen molar-refractivity contribution in [2.75, 3.05) is 6.54 Å². The van der Waals surface area contributed by atoms with Crippen LogP contribution in [0.2, 0.25) is 0 Å². The molecule has 78 valence electrons. The number of hydrogen-bond donors (Lipinski definition) is 1. The molecule has 0 amide bonds. The highest BCUT2D eigenvalue weighted by atomic mass is 16.1. The number of nitrogens with two attached hydrogens (primary N) is 1. The van der Waals surface area contributed by atoms with Gasteiger partial charge in [-0.2, -0.15) is 0 Å². The van der Waals surface area contributed by atoms with Crippen LogP contribution >= 0.6 is 0 Å². The molecule has 2 N–H and O–H groups in total. The predicted molar refractivity (Wildman–Crippen MR) is 56.5 cm³/mol. The van der Waals surface area contributed by atoms with E-state index in [9.17, 15) is 4.79 Å². The molecule has 2 unspecified atom stereocenters. The first-order valence-electron chi connectivity index (χ1n) is 5.31. The lowest BCUT2D eigenvalue weighted by atomic mass is 9.79. The molecule has 0 aliphatic rings. The molecule has 0 aliphatic carbocycles. The van der Waals surface area contributed by atoms with Crippen molar-refractivity contribution in [3.05, 3.63) is 0 Å². The molecule has 0 heterocycles. The Morgan fingerprint density at radius 3 is 2.00 bits per heavy atom. The normalized spacial score (nSPS) is 15.8. The van der Waals surface area contributed by atoms with Gasteiger partial charge in [0.1, 0.15) is 5.78 Å². The van der Waals surface area contributed by atoms with Gasteiger partial charge in [-0.05, 0) is 11.8 Å². The summed E-state index contributed by atoms with van der Waals surface area (Å²) in [5.41, 5.74) is 5.34. The Balaban J connectivity index is 4.21. The third kappa shape index (κ3) is 3.47. The molecule has 13 heavy (non-hydrogen) atoms. The fraction of sp³-hybridized carbons (Fsp3) is 0.909. The Bertz CT molecular complexity index is 152. The number of Topliss-reactive ketones (excluding diaryl/α,β-unsaturated/α-hetero) is 1. The highest BCUT2D eigenvalue weighted by molar-refractivity contribution is 5.82. The maximum absolute atomic E-state index is 11.4. The average molecular weight is 185 g/mol. The molecule has 0 radical (unpaired) electrons. The lowest BCUT2D eigenvalue weighted by Gasteiger charge is -2.26. The fourth-order valence-electron chi connectivity index (χ4n) is 1.92. The van der Waals surface area contributed by atoms with E-state index in [4.69, 9.17) is 5.73 Å². The Morgan fingerprint density at radius 2 is 1.69 bits per heavy atom. The summed E-state index contributed by atoms with van der Waals surface area (Å²) in [6.45, 7) is 8.72. The quantitative estimate of drug-likeness (QED) is 0.689. The van der Waals surface area contributed by atoms with E-state index < -0.39 is 0 Å². The second kappa shape index (κ2) is 6.14. The predicted octanol–water partition coefficient (Wildman–Crippen LogP) is 2.22. The number of carbonyl (C=O) groups excluding carboxylic acids is 1. The maximum atomic E-state index is 11.4. The van der Waals surface area contributed by atoms with Gasteiger partial charge >= 0.3 is 0 Å². The Kier molecular flexibility index (Phi) is 5.97. The van der Waals surface area contributed by atoms with E-state index in [1.54, 1.807) is 0 Å². The summed E-state index contributed by atoms with van der Waals surface area (Å²) < 4.78 is 0. The van der Waals surface area contributed by atoms with E-state index >= 15 is 0 Å². The zero-order valence-electron chi connectivity index (χ0n) is 9.34. The number of hydrogen-bond acceptors (Lipinski definition) is 2. The summed E-state index contributed by atoms with van der Waals surface area (Å²) in [5.74, 6) is 1.44.